The van der Waals surface area contributed by atoms with Gasteiger partial charge in [0.15, 0.2) is 5.22 Å². The van der Waals surface area contributed by atoms with Crippen LogP contribution in [-0.2, 0) is 0 Å². The van der Waals surface area contributed by atoms with Gasteiger partial charge in [0, 0.05) is 5.56 Å². The van der Waals surface area contributed by atoms with Crippen LogP contribution in [0.2, 0.25) is 5.22 Å². The molecule has 2 N–H and O–H groups in total. The maximum atomic E-state index is 6.25. The highest BCUT2D eigenvalue weighted by molar-refractivity contribution is 6.29. The fourth-order valence-electron chi connectivity index (χ4n) is 2.45. The zero-order valence-corrected chi connectivity index (χ0v) is 10.9. The number of halogens is 1. The van der Waals surface area contributed by atoms with Gasteiger partial charge < -0.3 is 10.2 Å². The molecular formula is C15H16ClNO. The highest BCUT2D eigenvalue weighted by Crippen LogP contribution is 2.37. The summed E-state index contributed by atoms with van der Waals surface area (Å²) in [5, 5.41) is 0.386. The Labute approximate surface area is 112 Å². The molecule has 1 fully saturated rings. The van der Waals surface area contributed by atoms with Gasteiger partial charge >= 0.3 is 0 Å². The van der Waals surface area contributed by atoms with Crippen LogP contribution in [0.5, 0.6) is 0 Å². The molecule has 94 valence electrons. The average molecular weight is 262 g/mol. The topological polar surface area (TPSA) is 39.2 Å². The number of hydrogen-bond acceptors (Lipinski definition) is 2. The molecule has 0 spiro atoms. The molecule has 2 nitrogen and oxygen atoms in total. The van der Waals surface area contributed by atoms with Crippen LogP contribution in [0.25, 0.3) is 0 Å². The van der Waals surface area contributed by atoms with Crippen molar-refractivity contribution in [2.24, 2.45) is 5.73 Å². The maximum absolute atomic E-state index is 6.25. The fraction of sp³-hybridized carbons (Fsp3) is 0.333. The lowest BCUT2D eigenvalue weighted by atomic mass is 9.79. The Bertz CT molecular complexity index is 545. The van der Waals surface area contributed by atoms with Crippen molar-refractivity contribution in [3.8, 4) is 0 Å². The molecule has 1 saturated carbocycles. The number of hydrogen-bond donors (Lipinski definition) is 1. The number of furan rings is 1. The van der Waals surface area contributed by atoms with Crippen LogP contribution in [0.4, 0.5) is 0 Å². The van der Waals surface area contributed by atoms with Crippen LogP contribution >= 0.6 is 11.6 Å². The molecule has 3 heteroatoms. The average Bonchev–Trinajstić information content (AvgIpc) is 2.73. The highest BCUT2D eigenvalue weighted by Gasteiger charge is 2.21. The van der Waals surface area contributed by atoms with Gasteiger partial charge in [-0.15, -0.1) is 0 Å². The summed E-state index contributed by atoms with van der Waals surface area (Å²) >= 11 is 5.98. The van der Waals surface area contributed by atoms with Crippen molar-refractivity contribution in [3.63, 3.8) is 0 Å². The first-order valence-electron chi connectivity index (χ1n) is 6.34. The largest absolute Gasteiger partial charge is 0.453 e. The molecule has 3 rings (SSSR count). The van der Waals surface area contributed by atoms with E-state index in [4.69, 9.17) is 21.8 Å². The van der Waals surface area contributed by atoms with Crippen molar-refractivity contribution in [1.29, 1.82) is 0 Å². The summed E-state index contributed by atoms with van der Waals surface area (Å²) in [5.41, 5.74) is 9.59. The van der Waals surface area contributed by atoms with Crippen LogP contribution in [0, 0.1) is 0 Å². The van der Waals surface area contributed by atoms with Crippen LogP contribution < -0.4 is 5.73 Å². The van der Waals surface area contributed by atoms with Crippen molar-refractivity contribution < 1.29 is 4.42 Å². The molecule has 1 aromatic heterocycles. The lowest BCUT2D eigenvalue weighted by Gasteiger charge is -2.26. The zero-order chi connectivity index (χ0) is 12.5. The van der Waals surface area contributed by atoms with Crippen molar-refractivity contribution in [2.75, 3.05) is 0 Å². The minimum Gasteiger partial charge on any atom is -0.453 e. The fourth-order valence-corrected chi connectivity index (χ4v) is 2.69. The van der Waals surface area contributed by atoms with Crippen LogP contribution in [0.1, 0.15) is 47.9 Å². The summed E-state index contributed by atoms with van der Waals surface area (Å²) in [6.45, 7) is 0. The molecule has 0 radical (unpaired) electrons. The van der Waals surface area contributed by atoms with Gasteiger partial charge in [0.2, 0.25) is 0 Å². The zero-order valence-electron chi connectivity index (χ0n) is 10.1. The predicted octanol–water partition coefficient (Wildman–Crippen LogP) is 4.25. The van der Waals surface area contributed by atoms with Gasteiger partial charge in [0.1, 0.15) is 0 Å². The van der Waals surface area contributed by atoms with Gasteiger partial charge in [0.25, 0.3) is 0 Å². The summed E-state index contributed by atoms with van der Waals surface area (Å²) in [6.07, 6.45) is 5.51. The lowest BCUT2D eigenvalue weighted by molar-refractivity contribution is 0.419. The van der Waals surface area contributed by atoms with Crippen molar-refractivity contribution >= 4 is 11.6 Å². The summed E-state index contributed by atoms with van der Waals surface area (Å²) in [4.78, 5) is 0. The minimum atomic E-state index is -0.212. The first-order chi connectivity index (χ1) is 8.75. The van der Waals surface area contributed by atoms with Crippen LogP contribution in [0.15, 0.2) is 41.0 Å². The molecule has 1 aliphatic carbocycles. The Balaban J connectivity index is 1.89. The number of rotatable bonds is 3. The predicted molar refractivity (Wildman–Crippen MR) is 72.8 cm³/mol. The molecule has 1 atom stereocenters. The molecule has 0 saturated heterocycles. The third kappa shape index (κ3) is 2.06. The van der Waals surface area contributed by atoms with Gasteiger partial charge in [-0.2, -0.15) is 0 Å². The van der Waals surface area contributed by atoms with E-state index in [1.54, 1.807) is 6.26 Å². The second-order valence-electron chi connectivity index (χ2n) is 4.93. The van der Waals surface area contributed by atoms with Gasteiger partial charge in [-0.3, -0.25) is 0 Å². The lowest BCUT2D eigenvalue weighted by Crippen LogP contribution is -2.13. The smallest absolute Gasteiger partial charge is 0.198 e. The summed E-state index contributed by atoms with van der Waals surface area (Å²) in [6, 6.07) is 10.2. The Kier molecular flexibility index (Phi) is 3.14. The Hall–Kier alpha value is -1.25. The van der Waals surface area contributed by atoms with E-state index in [0.717, 1.165) is 17.0 Å². The van der Waals surface area contributed by atoms with E-state index in [1.807, 2.05) is 6.07 Å². The molecule has 1 aliphatic rings. The van der Waals surface area contributed by atoms with Crippen LogP contribution in [0.3, 0.4) is 0 Å². The van der Waals surface area contributed by atoms with E-state index in [-0.39, 0.29) is 6.04 Å². The van der Waals surface area contributed by atoms with E-state index >= 15 is 0 Å². The minimum absolute atomic E-state index is 0.212. The number of benzene rings is 1. The van der Waals surface area contributed by atoms with Crippen LogP contribution in [-0.4, -0.2) is 0 Å². The van der Waals surface area contributed by atoms with Crippen molar-refractivity contribution in [3.05, 3.63) is 58.5 Å². The molecule has 0 amide bonds. The molecule has 1 heterocycles. The first kappa shape index (κ1) is 11.8. The summed E-state index contributed by atoms with van der Waals surface area (Å²) in [5.74, 6) is 0.719. The first-order valence-corrected chi connectivity index (χ1v) is 6.72. The summed E-state index contributed by atoms with van der Waals surface area (Å²) < 4.78 is 5.10. The standard InChI is InChI=1S/C15H16ClNO/c16-15-13(7-8-18-15)14(17)12-6-2-5-11(9-12)10-3-1-4-10/h2,5-10,14H,1,3-4,17H2. The van der Waals surface area contributed by atoms with Gasteiger partial charge in [-0.05, 0) is 47.6 Å². The van der Waals surface area contributed by atoms with E-state index in [2.05, 4.69) is 24.3 Å². The van der Waals surface area contributed by atoms with Gasteiger partial charge in [-0.1, -0.05) is 30.7 Å². The third-order valence-electron chi connectivity index (χ3n) is 3.83. The van der Waals surface area contributed by atoms with E-state index < -0.39 is 0 Å². The Morgan fingerprint density at radius 1 is 1.28 bits per heavy atom. The number of nitrogens with two attached hydrogens (primary N) is 1. The molecule has 0 aliphatic heterocycles. The normalized spacial score (nSPS) is 17.4. The second-order valence-corrected chi connectivity index (χ2v) is 5.27. The van der Waals surface area contributed by atoms with E-state index in [9.17, 15) is 0 Å². The SMILES string of the molecule is NC(c1cccc(C2CCC2)c1)c1ccoc1Cl. The molecule has 18 heavy (non-hydrogen) atoms. The van der Waals surface area contributed by atoms with Gasteiger partial charge in [0.05, 0.1) is 12.3 Å². The second kappa shape index (κ2) is 4.79. The highest BCUT2D eigenvalue weighted by atomic mass is 35.5. The molecular weight excluding hydrogens is 246 g/mol. The molecule has 0 bridgehead atoms. The maximum Gasteiger partial charge on any atom is 0.198 e. The van der Waals surface area contributed by atoms with Gasteiger partial charge in [-0.25, -0.2) is 0 Å². The van der Waals surface area contributed by atoms with E-state index in [0.29, 0.717) is 5.22 Å². The molecule has 1 aromatic carbocycles. The quantitative estimate of drug-likeness (QED) is 0.897. The monoisotopic (exact) mass is 261 g/mol. The van der Waals surface area contributed by atoms with Crippen molar-refractivity contribution in [2.45, 2.75) is 31.2 Å². The van der Waals surface area contributed by atoms with Crippen molar-refractivity contribution in [1.82, 2.24) is 0 Å². The van der Waals surface area contributed by atoms with E-state index in [1.165, 1.54) is 24.8 Å². The summed E-state index contributed by atoms with van der Waals surface area (Å²) in [7, 11) is 0. The molecule has 2 aromatic rings. The molecule has 1 unspecified atom stereocenters. The Morgan fingerprint density at radius 3 is 2.72 bits per heavy atom. The third-order valence-corrected chi connectivity index (χ3v) is 4.13. The Morgan fingerprint density at radius 2 is 2.11 bits per heavy atom.